The molecule has 0 bridgehead atoms. The molecule has 1 nitrogen and oxygen atoms in total. The van der Waals surface area contributed by atoms with Crippen LogP contribution in [0.4, 0.5) is 8.78 Å². The number of benzene rings is 1. The minimum atomic E-state index is -0.514. The van der Waals surface area contributed by atoms with E-state index in [2.05, 4.69) is 39.9 Å². The summed E-state index contributed by atoms with van der Waals surface area (Å²) < 4.78 is 26.4. The number of nitrogens with one attached hydrogen (secondary N) is 1. The Bertz CT molecular complexity index is 433. The maximum atomic E-state index is 13.6. The average molecular weight is 283 g/mol. The van der Waals surface area contributed by atoms with Crippen molar-refractivity contribution in [2.45, 2.75) is 59.4 Å². The number of halogens is 2. The zero-order valence-electron chi connectivity index (χ0n) is 13.3. The smallest absolute Gasteiger partial charge is 0.129 e. The van der Waals surface area contributed by atoms with Gasteiger partial charge in [0.15, 0.2) is 0 Å². The molecule has 114 valence electrons. The van der Waals surface area contributed by atoms with E-state index in [9.17, 15) is 8.78 Å². The van der Waals surface area contributed by atoms with E-state index in [-0.39, 0.29) is 11.0 Å². The molecule has 0 aliphatic heterocycles. The van der Waals surface area contributed by atoms with Crippen LogP contribution in [0, 0.1) is 17.0 Å². The Kier molecular flexibility index (Phi) is 5.69. The van der Waals surface area contributed by atoms with E-state index in [0.717, 1.165) is 25.5 Å². The van der Waals surface area contributed by atoms with E-state index in [1.807, 2.05) is 0 Å². The lowest BCUT2D eigenvalue weighted by molar-refractivity contribution is 0.283. The van der Waals surface area contributed by atoms with Crippen LogP contribution in [0.5, 0.6) is 0 Å². The van der Waals surface area contributed by atoms with Gasteiger partial charge in [0.2, 0.25) is 0 Å². The van der Waals surface area contributed by atoms with E-state index in [1.54, 1.807) is 6.07 Å². The summed E-state index contributed by atoms with van der Waals surface area (Å²) in [5, 5.41) is 3.47. The summed E-state index contributed by atoms with van der Waals surface area (Å²) in [4.78, 5) is 0. The Morgan fingerprint density at radius 1 is 1.00 bits per heavy atom. The molecule has 1 N–H and O–H groups in total. The van der Waals surface area contributed by atoms with Gasteiger partial charge >= 0.3 is 0 Å². The van der Waals surface area contributed by atoms with Crippen molar-refractivity contribution in [3.63, 3.8) is 0 Å². The molecule has 20 heavy (non-hydrogen) atoms. The van der Waals surface area contributed by atoms with E-state index >= 15 is 0 Å². The highest BCUT2D eigenvalue weighted by atomic mass is 19.1. The summed E-state index contributed by atoms with van der Waals surface area (Å²) in [6, 6.07) is 3.84. The van der Waals surface area contributed by atoms with Gasteiger partial charge in [-0.1, -0.05) is 19.9 Å². The first kappa shape index (κ1) is 17.1. The lowest BCUT2D eigenvalue weighted by atomic mass is 9.83. The lowest BCUT2D eigenvalue weighted by Crippen LogP contribution is -2.38. The monoisotopic (exact) mass is 283 g/mol. The van der Waals surface area contributed by atoms with Crippen LogP contribution >= 0.6 is 0 Å². The summed E-state index contributed by atoms with van der Waals surface area (Å²) in [6.45, 7) is 11.8. The third-order valence-electron chi connectivity index (χ3n) is 3.54. The first-order valence-electron chi connectivity index (χ1n) is 7.28. The Labute approximate surface area is 121 Å². The Morgan fingerprint density at radius 2 is 1.65 bits per heavy atom. The van der Waals surface area contributed by atoms with Gasteiger partial charge in [0.1, 0.15) is 11.6 Å². The predicted molar refractivity (Wildman–Crippen MR) is 80.8 cm³/mol. The van der Waals surface area contributed by atoms with Crippen LogP contribution in [-0.4, -0.2) is 12.1 Å². The number of rotatable bonds is 6. The van der Waals surface area contributed by atoms with E-state index in [0.29, 0.717) is 12.0 Å². The molecule has 0 amide bonds. The molecule has 0 aliphatic rings. The summed E-state index contributed by atoms with van der Waals surface area (Å²) in [7, 11) is 0. The third-order valence-corrected chi connectivity index (χ3v) is 3.54. The van der Waals surface area contributed by atoms with E-state index in [1.165, 1.54) is 6.07 Å². The molecule has 3 heteroatoms. The van der Waals surface area contributed by atoms with E-state index < -0.39 is 11.6 Å². The molecule has 0 aliphatic carbocycles. The second-order valence-corrected chi connectivity index (χ2v) is 7.33. The summed E-state index contributed by atoms with van der Waals surface area (Å²) in [6.07, 6.45) is 2.57. The third kappa shape index (κ3) is 6.47. The first-order chi connectivity index (χ1) is 9.09. The van der Waals surface area contributed by atoms with Crippen molar-refractivity contribution in [2.24, 2.45) is 5.41 Å². The number of hydrogen-bond acceptors (Lipinski definition) is 1. The molecule has 0 unspecified atom stereocenters. The fraction of sp³-hybridized carbons (Fsp3) is 0.647. The Balaban J connectivity index is 2.46. The molecule has 1 rings (SSSR count). The molecule has 1 aromatic carbocycles. The van der Waals surface area contributed by atoms with E-state index in [4.69, 9.17) is 0 Å². The van der Waals surface area contributed by atoms with Gasteiger partial charge in [0.25, 0.3) is 0 Å². The zero-order valence-corrected chi connectivity index (χ0v) is 13.3. The van der Waals surface area contributed by atoms with Gasteiger partial charge in [-0.2, -0.15) is 0 Å². The second kappa shape index (κ2) is 6.66. The minimum Gasteiger partial charge on any atom is -0.312 e. The van der Waals surface area contributed by atoms with Gasteiger partial charge < -0.3 is 5.32 Å². The molecule has 0 radical (unpaired) electrons. The molecular weight excluding hydrogens is 256 g/mol. The summed E-state index contributed by atoms with van der Waals surface area (Å²) >= 11 is 0. The number of aryl methyl sites for hydroxylation is 1. The number of hydrogen-bond donors (Lipinski definition) is 1. The first-order valence-corrected chi connectivity index (χ1v) is 7.28. The van der Waals surface area contributed by atoms with Gasteiger partial charge in [0.05, 0.1) is 0 Å². The van der Waals surface area contributed by atoms with Crippen molar-refractivity contribution < 1.29 is 8.78 Å². The van der Waals surface area contributed by atoms with Crippen molar-refractivity contribution in [3.05, 3.63) is 35.4 Å². The second-order valence-electron chi connectivity index (χ2n) is 7.33. The standard InChI is InChI=1S/C17H27F2N/c1-16(2,3)20-11-10-17(4,5)9-8-13-6-7-14(18)12-15(13)19/h6-7,12,20H,8-11H2,1-5H3. The van der Waals surface area contributed by atoms with Crippen molar-refractivity contribution in [1.82, 2.24) is 5.32 Å². The normalized spacial score (nSPS) is 12.8. The largest absolute Gasteiger partial charge is 0.312 e. The molecule has 0 atom stereocenters. The van der Waals surface area contributed by atoms with Crippen LogP contribution in [-0.2, 0) is 6.42 Å². The maximum Gasteiger partial charge on any atom is 0.129 e. The molecule has 0 heterocycles. The van der Waals surface area contributed by atoms with Crippen LogP contribution < -0.4 is 5.32 Å². The van der Waals surface area contributed by atoms with Crippen molar-refractivity contribution in [3.8, 4) is 0 Å². The van der Waals surface area contributed by atoms with Gasteiger partial charge in [-0.15, -0.1) is 0 Å². The van der Waals surface area contributed by atoms with Crippen molar-refractivity contribution >= 4 is 0 Å². The van der Waals surface area contributed by atoms with Crippen molar-refractivity contribution in [2.75, 3.05) is 6.54 Å². The summed E-state index contributed by atoms with van der Waals surface area (Å²) in [5.74, 6) is -0.950. The van der Waals surface area contributed by atoms with Gasteiger partial charge in [-0.25, -0.2) is 8.78 Å². The molecule has 0 saturated carbocycles. The Hall–Kier alpha value is -0.960. The highest BCUT2D eigenvalue weighted by molar-refractivity contribution is 5.18. The maximum absolute atomic E-state index is 13.6. The molecular formula is C17H27F2N. The average Bonchev–Trinajstić information content (AvgIpc) is 2.25. The fourth-order valence-corrected chi connectivity index (χ4v) is 2.10. The van der Waals surface area contributed by atoms with Crippen LogP contribution in [0.2, 0.25) is 0 Å². The fourth-order valence-electron chi connectivity index (χ4n) is 2.10. The molecule has 1 aromatic rings. The van der Waals surface area contributed by atoms with Crippen LogP contribution in [0.25, 0.3) is 0 Å². The van der Waals surface area contributed by atoms with Crippen molar-refractivity contribution in [1.29, 1.82) is 0 Å². The topological polar surface area (TPSA) is 12.0 Å². The Morgan fingerprint density at radius 3 is 2.20 bits per heavy atom. The molecule has 0 saturated heterocycles. The molecule has 0 aromatic heterocycles. The highest BCUT2D eigenvalue weighted by Crippen LogP contribution is 2.27. The molecule has 0 fully saturated rings. The van der Waals surface area contributed by atoms with Crippen LogP contribution in [0.3, 0.4) is 0 Å². The van der Waals surface area contributed by atoms with Crippen LogP contribution in [0.1, 0.15) is 53.0 Å². The van der Waals surface area contributed by atoms with Gasteiger partial charge in [-0.3, -0.25) is 0 Å². The predicted octanol–water partition coefficient (Wildman–Crippen LogP) is 4.70. The SMILES string of the molecule is CC(C)(CCNC(C)(C)C)CCc1ccc(F)cc1F. The lowest BCUT2D eigenvalue weighted by Gasteiger charge is -2.28. The quantitative estimate of drug-likeness (QED) is 0.798. The van der Waals surface area contributed by atoms with Gasteiger partial charge in [-0.05, 0) is 63.6 Å². The zero-order chi connectivity index (χ0) is 15.4. The van der Waals surface area contributed by atoms with Gasteiger partial charge in [0, 0.05) is 11.6 Å². The van der Waals surface area contributed by atoms with Crippen LogP contribution in [0.15, 0.2) is 18.2 Å². The molecule has 0 spiro atoms. The highest BCUT2D eigenvalue weighted by Gasteiger charge is 2.19. The minimum absolute atomic E-state index is 0.124. The summed E-state index contributed by atoms with van der Waals surface area (Å²) in [5.41, 5.74) is 0.862.